The van der Waals surface area contributed by atoms with Gasteiger partial charge in [-0.25, -0.2) is 9.18 Å². The molecule has 2 aromatic carbocycles. The number of esters is 1. The molecule has 2 amide bonds. The number of carbonyl (C=O) groups is 3. The van der Waals surface area contributed by atoms with Crippen LogP contribution in [0.2, 0.25) is 5.02 Å². The van der Waals surface area contributed by atoms with Gasteiger partial charge in [0.2, 0.25) is 0 Å². The molecule has 0 aliphatic rings. The number of anilines is 1. The summed E-state index contributed by atoms with van der Waals surface area (Å²) in [5, 5.41) is 4.79. The zero-order valence-corrected chi connectivity index (χ0v) is 15.5. The first kappa shape index (κ1) is 20.4. The molecule has 2 aromatic rings. The number of benzene rings is 2. The van der Waals surface area contributed by atoms with E-state index in [1.807, 2.05) is 13.0 Å². The maximum Gasteiger partial charge on any atom is 0.328 e. The molecule has 1 atom stereocenters. The molecule has 0 aromatic heterocycles. The summed E-state index contributed by atoms with van der Waals surface area (Å²) >= 11 is 5.62. The highest BCUT2D eigenvalue weighted by Gasteiger charge is 2.19. The van der Waals surface area contributed by atoms with E-state index in [0.29, 0.717) is 5.56 Å². The first-order valence-electron chi connectivity index (χ1n) is 8.05. The molecular formula is C19H18ClFN2O4. The second-order valence-corrected chi connectivity index (χ2v) is 6.26. The van der Waals surface area contributed by atoms with E-state index in [1.54, 1.807) is 18.2 Å². The standard InChI is InChI=1S/C19H18ClFN2O4/c1-11-4-3-5-13(8-11)18(25)22-12(2)19(26)27-10-17(24)23-14-6-7-16(21)15(20)9-14/h3-9,12H,10H2,1-2H3,(H,22,25)(H,23,24)/t12-/m0/s1. The molecule has 0 heterocycles. The van der Waals surface area contributed by atoms with E-state index in [1.165, 1.54) is 19.1 Å². The number of nitrogens with one attached hydrogen (secondary N) is 2. The van der Waals surface area contributed by atoms with Gasteiger partial charge in [-0.2, -0.15) is 0 Å². The first-order valence-corrected chi connectivity index (χ1v) is 8.43. The van der Waals surface area contributed by atoms with E-state index >= 15 is 0 Å². The van der Waals surface area contributed by atoms with Crippen molar-refractivity contribution in [3.63, 3.8) is 0 Å². The van der Waals surface area contributed by atoms with Crippen molar-refractivity contribution in [3.05, 3.63) is 64.4 Å². The third-order valence-corrected chi connectivity index (χ3v) is 3.82. The molecule has 6 nitrogen and oxygen atoms in total. The molecule has 27 heavy (non-hydrogen) atoms. The molecular weight excluding hydrogens is 375 g/mol. The van der Waals surface area contributed by atoms with Gasteiger partial charge in [0, 0.05) is 11.3 Å². The second kappa shape index (κ2) is 9.14. The summed E-state index contributed by atoms with van der Waals surface area (Å²) < 4.78 is 18.0. The molecule has 2 N–H and O–H groups in total. The maximum absolute atomic E-state index is 13.1. The molecule has 0 unspecified atom stereocenters. The lowest BCUT2D eigenvalue weighted by Crippen LogP contribution is -2.40. The van der Waals surface area contributed by atoms with Crippen molar-refractivity contribution in [1.82, 2.24) is 5.32 Å². The van der Waals surface area contributed by atoms with Crippen molar-refractivity contribution >= 4 is 35.1 Å². The van der Waals surface area contributed by atoms with Gasteiger partial charge >= 0.3 is 5.97 Å². The molecule has 0 fully saturated rings. The number of ether oxygens (including phenoxy) is 1. The number of hydrogen-bond donors (Lipinski definition) is 2. The summed E-state index contributed by atoms with van der Waals surface area (Å²) in [4.78, 5) is 35.9. The lowest BCUT2D eigenvalue weighted by molar-refractivity contribution is -0.148. The van der Waals surface area contributed by atoms with Crippen LogP contribution in [-0.2, 0) is 14.3 Å². The van der Waals surface area contributed by atoms with E-state index in [4.69, 9.17) is 16.3 Å². The number of carbonyl (C=O) groups excluding carboxylic acids is 3. The van der Waals surface area contributed by atoms with Crippen molar-refractivity contribution < 1.29 is 23.5 Å². The van der Waals surface area contributed by atoms with Crippen LogP contribution in [0.5, 0.6) is 0 Å². The Morgan fingerprint density at radius 3 is 2.59 bits per heavy atom. The summed E-state index contributed by atoms with van der Waals surface area (Å²) in [6.45, 7) is 2.74. The first-order chi connectivity index (χ1) is 12.8. The van der Waals surface area contributed by atoms with Crippen LogP contribution < -0.4 is 10.6 Å². The highest BCUT2D eigenvalue weighted by Crippen LogP contribution is 2.19. The fourth-order valence-corrected chi connectivity index (χ4v) is 2.34. The normalized spacial score (nSPS) is 11.4. The van der Waals surface area contributed by atoms with Crippen molar-refractivity contribution in [2.45, 2.75) is 19.9 Å². The Kier molecular flexibility index (Phi) is 6.90. The topological polar surface area (TPSA) is 84.5 Å². The van der Waals surface area contributed by atoms with E-state index in [2.05, 4.69) is 10.6 Å². The van der Waals surface area contributed by atoms with E-state index in [0.717, 1.165) is 11.6 Å². The van der Waals surface area contributed by atoms with Crippen molar-refractivity contribution in [1.29, 1.82) is 0 Å². The van der Waals surface area contributed by atoms with Crippen LogP contribution >= 0.6 is 11.6 Å². The quantitative estimate of drug-likeness (QED) is 0.740. The SMILES string of the molecule is Cc1cccc(C(=O)N[C@@H](C)C(=O)OCC(=O)Nc2ccc(F)c(Cl)c2)c1. The zero-order chi connectivity index (χ0) is 20.0. The van der Waals surface area contributed by atoms with Crippen LogP contribution in [0.25, 0.3) is 0 Å². The average Bonchev–Trinajstić information content (AvgIpc) is 2.62. The number of hydrogen-bond acceptors (Lipinski definition) is 4. The molecule has 0 bridgehead atoms. The van der Waals surface area contributed by atoms with Gasteiger partial charge in [0.1, 0.15) is 11.9 Å². The van der Waals surface area contributed by atoms with Gasteiger partial charge in [-0.05, 0) is 44.2 Å². The van der Waals surface area contributed by atoms with Crippen molar-refractivity contribution in [2.75, 3.05) is 11.9 Å². The maximum atomic E-state index is 13.1. The molecule has 0 saturated carbocycles. The highest BCUT2D eigenvalue weighted by molar-refractivity contribution is 6.31. The van der Waals surface area contributed by atoms with Gasteiger partial charge in [0.25, 0.3) is 11.8 Å². The van der Waals surface area contributed by atoms with Gasteiger partial charge < -0.3 is 15.4 Å². The van der Waals surface area contributed by atoms with Gasteiger partial charge in [0.05, 0.1) is 5.02 Å². The minimum Gasteiger partial charge on any atom is -0.454 e. The number of amides is 2. The Hall–Kier alpha value is -2.93. The third-order valence-electron chi connectivity index (χ3n) is 3.53. The largest absolute Gasteiger partial charge is 0.454 e. The van der Waals surface area contributed by atoms with E-state index in [9.17, 15) is 18.8 Å². The number of aryl methyl sites for hydroxylation is 1. The minimum absolute atomic E-state index is 0.141. The molecule has 2 rings (SSSR count). The predicted molar refractivity (Wildman–Crippen MR) is 99.1 cm³/mol. The molecule has 0 spiro atoms. The lowest BCUT2D eigenvalue weighted by Gasteiger charge is -2.13. The minimum atomic E-state index is -0.939. The van der Waals surface area contributed by atoms with Crippen LogP contribution in [0.3, 0.4) is 0 Å². The Balaban J connectivity index is 1.82. The fourth-order valence-electron chi connectivity index (χ4n) is 2.16. The van der Waals surface area contributed by atoms with E-state index in [-0.39, 0.29) is 10.7 Å². The Bertz CT molecular complexity index is 873. The summed E-state index contributed by atoms with van der Waals surface area (Å²) in [5.41, 5.74) is 1.60. The van der Waals surface area contributed by atoms with Crippen LogP contribution in [-0.4, -0.2) is 30.4 Å². The predicted octanol–water partition coefficient (Wildman–Crippen LogP) is 3.09. The number of rotatable bonds is 6. The summed E-state index contributed by atoms with van der Waals surface area (Å²) in [6, 6.07) is 9.63. The van der Waals surface area contributed by atoms with Gasteiger partial charge in [0.15, 0.2) is 6.61 Å². The van der Waals surface area contributed by atoms with Crippen molar-refractivity contribution in [3.8, 4) is 0 Å². The third kappa shape index (κ3) is 6.07. The summed E-state index contributed by atoms with van der Waals surface area (Å²) in [5.74, 6) is -2.42. The molecule has 0 aliphatic heterocycles. The smallest absolute Gasteiger partial charge is 0.328 e. The highest BCUT2D eigenvalue weighted by atomic mass is 35.5. The van der Waals surface area contributed by atoms with Crippen molar-refractivity contribution in [2.24, 2.45) is 0 Å². The summed E-state index contributed by atoms with van der Waals surface area (Å²) in [7, 11) is 0. The Labute approximate surface area is 160 Å². The van der Waals surface area contributed by atoms with Crippen LogP contribution in [0.15, 0.2) is 42.5 Å². The molecule has 142 valence electrons. The zero-order valence-electron chi connectivity index (χ0n) is 14.7. The number of halogens is 2. The average molecular weight is 393 g/mol. The molecule has 0 aliphatic carbocycles. The fraction of sp³-hybridized carbons (Fsp3) is 0.211. The Morgan fingerprint density at radius 2 is 1.93 bits per heavy atom. The Morgan fingerprint density at radius 1 is 1.19 bits per heavy atom. The lowest BCUT2D eigenvalue weighted by atomic mass is 10.1. The van der Waals surface area contributed by atoms with Gasteiger partial charge in [-0.3, -0.25) is 9.59 Å². The van der Waals surface area contributed by atoms with E-state index < -0.39 is 36.2 Å². The van der Waals surface area contributed by atoms with Crippen LogP contribution in [0.1, 0.15) is 22.8 Å². The molecule has 0 saturated heterocycles. The molecule has 8 heteroatoms. The molecule has 0 radical (unpaired) electrons. The van der Waals surface area contributed by atoms with Gasteiger partial charge in [-0.1, -0.05) is 29.3 Å². The second-order valence-electron chi connectivity index (χ2n) is 5.85. The van der Waals surface area contributed by atoms with Crippen LogP contribution in [0, 0.1) is 12.7 Å². The summed E-state index contributed by atoms with van der Waals surface area (Å²) in [6.07, 6.45) is 0. The monoisotopic (exact) mass is 392 g/mol. The van der Waals surface area contributed by atoms with Crippen LogP contribution in [0.4, 0.5) is 10.1 Å². The van der Waals surface area contributed by atoms with Gasteiger partial charge in [-0.15, -0.1) is 0 Å².